The summed E-state index contributed by atoms with van der Waals surface area (Å²) in [6, 6.07) is 5.05. The third-order valence-electron chi connectivity index (χ3n) is 2.64. The van der Waals surface area contributed by atoms with Gasteiger partial charge in [0.05, 0.1) is 13.3 Å². The maximum Gasteiger partial charge on any atom is 0.161 e. The molecule has 0 fully saturated rings. The second kappa shape index (κ2) is 5.35. The van der Waals surface area contributed by atoms with Gasteiger partial charge in [0.15, 0.2) is 11.5 Å². The summed E-state index contributed by atoms with van der Waals surface area (Å²) in [5.74, 6) is 1.14. The predicted molar refractivity (Wildman–Crippen MR) is 66.0 cm³/mol. The molecule has 0 bridgehead atoms. The van der Waals surface area contributed by atoms with Gasteiger partial charge in [-0.25, -0.2) is 0 Å². The van der Waals surface area contributed by atoms with E-state index in [9.17, 15) is 4.79 Å². The van der Waals surface area contributed by atoms with Crippen molar-refractivity contribution < 1.29 is 14.3 Å². The Hall–Kier alpha value is -2.30. The highest BCUT2D eigenvalue weighted by Crippen LogP contribution is 2.28. The van der Waals surface area contributed by atoms with Crippen LogP contribution in [0.4, 0.5) is 0 Å². The fourth-order valence-corrected chi connectivity index (χ4v) is 1.55. The van der Waals surface area contributed by atoms with Crippen LogP contribution in [0.1, 0.15) is 21.6 Å². The van der Waals surface area contributed by atoms with Crippen LogP contribution >= 0.6 is 0 Å². The zero-order chi connectivity index (χ0) is 13.0. The van der Waals surface area contributed by atoms with Crippen LogP contribution in [0.5, 0.6) is 11.5 Å². The SMILES string of the molecule is COc1cc(C=O)ccc1OCc1cn[nH]c1C. The number of carbonyl (C=O) groups excluding carboxylic acids is 1. The average Bonchev–Trinajstić information content (AvgIpc) is 2.81. The van der Waals surface area contributed by atoms with E-state index in [1.807, 2.05) is 6.92 Å². The van der Waals surface area contributed by atoms with Gasteiger partial charge in [-0.15, -0.1) is 0 Å². The first-order chi connectivity index (χ1) is 8.74. The number of hydrogen-bond acceptors (Lipinski definition) is 4. The molecule has 94 valence electrons. The van der Waals surface area contributed by atoms with Crippen LogP contribution in [0.2, 0.25) is 0 Å². The summed E-state index contributed by atoms with van der Waals surface area (Å²) in [4.78, 5) is 10.7. The molecule has 1 heterocycles. The Morgan fingerprint density at radius 2 is 2.22 bits per heavy atom. The molecule has 0 unspecified atom stereocenters. The van der Waals surface area contributed by atoms with E-state index in [2.05, 4.69) is 10.2 Å². The topological polar surface area (TPSA) is 64.2 Å². The number of benzene rings is 1. The quantitative estimate of drug-likeness (QED) is 0.821. The molecule has 0 atom stereocenters. The number of ether oxygens (including phenoxy) is 2. The second-order valence-corrected chi connectivity index (χ2v) is 3.84. The Morgan fingerprint density at radius 1 is 1.39 bits per heavy atom. The lowest BCUT2D eigenvalue weighted by Crippen LogP contribution is -1.98. The minimum atomic E-state index is 0.402. The smallest absolute Gasteiger partial charge is 0.161 e. The number of nitrogens with zero attached hydrogens (tertiary/aromatic N) is 1. The molecule has 0 saturated heterocycles. The lowest BCUT2D eigenvalue weighted by atomic mass is 10.2. The summed E-state index contributed by atoms with van der Waals surface area (Å²) in [5, 5.41) is 6.77. The van der Waals surface area contributed by atoms with Gasteiger partial charge >= 0.3 is 0 Å². The van der Waals surface area contributed by atoms with E-state index in [-0.39, 0.29) is 0 Å². The minimum Gasteiger partial charge on any atom is -0.493 e. The number of H-pyrrole nitrogens is 1. The molecule has 18 heavy (non-hydrogen) atoms. The van der Waals surface area contributed by atoms with E-state index >= 15 is 0 Å². The molecule has 5 nitrogen and oxygen atoms in total. The molecule has 0 spiro atoms. The Morgan fingerprint density at radius 3 is 2.83 bits per heavy atom. The molecule has 2 aromatic rings. The van der Waals surface area contributed by atoms with Gasteiger partial charge in [-0.2, -0.15) is 5.10 Å². The van der Waals surface area contributed by atoms with Gasteiger partial charge in [0.2, 0.25) is 0 Å². The van der Waals surface area contributed by atoms with Crippen molar-refractivity contribution in [3.8, 4) is 11.5 Å². The van der Waals surface area contributed by atoms with Crippen LogP contribution in [0.3, 0.4) is 0 Å². The van der Waals surface area contributed by atoms with Gasteiger partial charge in [0.1, 0.15) is 12.9 Å². The molecule has 0 saturated carbocycles. The summed E-state index contributed by atoms with van der Waals surface area (Å²) in [6.45, 7) is 2.33. The Balaban J connectivity index is 2.14. The van der Waals surface area contributed by atoms with E-state index in [4.69, 9.17) is 9.47 Å². The third kappa shape index (κ3) is 2.51. The number of aldehydes is 1. The van der Waals surface area contributed by atoms with Crippen LogP contribution in [-0.4, -0.2) is 23.6 Å². The van der Waals surface area contributed by atoms with Crippen LogP contribution in [0, 0.1) is 6.92 Å². The molecule has 1 N–H and O–H groups in total. The van der Waals surface area contributed by atoms with Gasteiger partial charge in [0, 0.05) is 16.8 Å². The van der Waals surface area contributed by atoms with Crippen molar-refractivity contribution >= 4 is 6.29 Å². The molecule has 0 amide bonds. The van der Waals surface area contributed by atoms with Crippen molar-refractivity contribution in [3.63, 3.8) is 0 Å². The number of methoxy groups -OCH3 is 1. The fourth-order valence-electron chi connectivity index (χ4n) is 1.55. The van der Waals surface area contributed by atoms with Gasteiger partial charge in [-0.1, -0.05) is 0 Å². The van der Waals surface area contributed by atoms with Crippen molar-refractivity contribution in [2.45, 2.75) is 13.5 Å². The van der Waals surface area contributed by atoms with E-state index in [0.29, 0.717) is 23.7 Å². The molecule has 1 aromatic heterocycles. The van der Waals surface area contributed by atoms with Gasteiger partial charge < -0.3 is 9.47 Å². The van der Waals surface area contributed by atoms with Crippen molar-refractivity contribution in [2.75, 3.05) is 7.11 Å². The molecule has 0 aliphatic rings. The number of rotatable bonds is 5. The summed E-state index contributed by atoms with van der Waals surface area (Å²) in [6.07, 6.45) is 2.49. The number of nitrogens with one attached hydrogen (secondary N) is 1. The Kier molecular flexibility index (Phi) is 3.62. The molecular weight excluding hydrogens is 232 g/mol. The summed E-state index contributed by atoms with van der Waals surface area (Å²) in [7, 11) is 1.54. The number of aromatic amines is 1. The molecule has 1 aromatic carbocycles. The van der Waals surface area contributed by atoms with E-state index < -0.39 is 0 Å². The lowest BCUT2D eigenvalue weighted by Gasteiger charge is -2.10. The normalized spacial score (nSPS) is 10.1. The van der Waals surface area contributed by atoms with Crippen LogP contribution in [0.15, 0.2) is 24.4 Å². The number of aryl methyl sites for hydroxylation is 1. The monoisotopic (exact) mass is 246 g/mol. The summed E-state index contributed by atoms with van der Waals surface area (Å²) < 4.78 is 10.8. The van der Waals surface area contributed by atoms with Crippen LogP contribution in [0.25, 0.3) is 0 Å². The first kappa shape index (κ1) is 12.2. The van der Waals surface area contributed by atoms with Crippen molar-refractivity contribution in [1.82, 2.24) is 10.2 Å². The zero-order valence-electron chi connectivity index (χ0n) is 10.3. The van der Waals surface area contributed by atoms with E-state index in [1.165, 1.54) is 0 Å². The van der Waals surface area contributed by atoms with Gasteiger partial charge in [-0.3, -0.25) is 9.89 Å². The van der Waals surface area contributed by atoms with Crippen molar-refractivity contribution in [1.29, 1.82) is 0 Å². The van der Waals surface area contributed by atoms with E-state index in [1.54, 1.807) is 31.5 Å². The second-order valence-electron chi connectivity index (χ2n) is 3.84. The standard InChI is InChI=1S/C13H14N2O3/c1-9-11(6-14-15-9)8-18-12-4-3-10(7-16)5-13(12)17-2/h3-7H,8H2,1-2H3,(H,14,15). The van der Waals surface area contributed by atoms with Crippen LogP contribution < -0.4 is 9.47 Å². The Bertz CT molecular complexity index is 549. The fraction of sp³-hybridized carbons (Fsp3) is 0.231. The summed E-state index contributed by atoms with van der Waals surface area (Å²) >= 11 is 0. The highest BCUT2D eigenvalue weighted by Gasteiger charge is 2.07. The molecular formula is C13H14N2O3. The first-order valence-corrected chi connectivity index (χ1v) is 5.49. The van der Waals surface area contributed by atoms with Gasteiger partial charge in [-0.05, 0) is 25.1 Å². The van der Waals surface area contributed by atoms with Crippen molar-refractivity contribution in [2.24, 2.45) is 0 Å². The Labute approximate surface area is 105 Å². The lowest BCUT2D eigenvalue weighted by molar-refractivity contribution is 0.112. The number of aromatic nitrogens is 2. The predicted octanol–water partition coefficient (Wildman–Crippen LogP) is 2.12. The summed E-state index contributed by atoms with van der Waals surface area (Å²) in [5.41, 5.74) is 2.51. The van der Waals surface area contributed by atoms with Crippen molar-refractivity contribution in [3.05, 3.63) is 41.2 Å². The highest BCUT2D eigenvalue weighted by molar-refractivity contribution is 5.76. The maximum absolute atomic E-state index is 10.7. The average molecular weight is 246 g/mol. The number of carbonyl (C=O) groups is 1. The van der Waals surface area contributed by atoms with E-state index in [0.717, 1.165) is 17.5 Å². The first-order valence-electron chi connectivity index (χ1n) is 5.49. The zero-order valence-corrected chi connectivity index (χ0v) is 10.3. The van der Waals surface area contributed by atoms with Gasteiger partial charge in [0.25, 0.3) is 0 Å². The third-order valence-corrected chi connectivity index (χ3v) is 2.64. The molecule has 5 heteroatoms. The maximum atomic E-state index is 10.7. The highest BCUT2D eigenvalue weighted by atomic mass is 16.5. The largest absolute Gasteiger partial charge is 0.493 e. The minimum absolute atomic E-state index is 0.402. The van der Waals surface area contributed by atoms with Crippen LogP contribution in [-0.2, 0) is 6.61 Å². The molecule has 0 aliphatic carbocycles. The number of hydrogen-bond donors (Lipinski definition) is 1. The molecule has 2 rings (SSSR count). The molecule has 0 radical (unpaired) electrons. The molecule has 0 aliphatic heterocycles.